The van der Waals surface area contributed by atoms with Crippen molar-refractivity contribution in [1.82, 2.24) is 10.2 Å². The highest BCUT2D eigenvalue weighted by Crippen LogP contribution is 2.00. The summed E-state index contributed by atoms with van der Waals surface area (Å²) in [7, 11) is 0. The van der Waals surface area contributed by atoms with Crippen molar-refractivity contribution in [2.45, 2.75) is 19.8 Å². The largest absolute Gasteiger partial charge is 0.380 e. The molecule has 1 heterocycles. The lowest BCUT2D eigenvalue weighted by Gasteiger charge is -2.05. The Morgan fingerprint density at radius 1 is 1.41 bits per heavy atom. The first-order valence-electron chi connectivity index (χ1n) is 5.69. The monoisotopic (exact) mass is 238 g/mol. The maximum absolute atomic E-state index is 10.8. The number of primary amides is 1. The second-order valence-corrected chi connectivity index (χ2v) is 3.56. The number of hydrogen-bond acceptors (Lipinski definition) is 5. The number of rotatable bonds is 8. The van der Waals surface area contributed by atoms with E-state index in [0.717, 1.165) is 19.4 Å². The zero-order valence-electron chi connectivity index (χ0n) is 9.98. The summed E-state index contributed by atoms with van der Waals surface area (Å²) < 4.78 is 5.37. The van der Waals surface area contributed by atoms with Gasteiger partial charge < -0.3 is 15.8 Å². The summed E-state index contributed by atoms with van der Waals surface area (Å²) in [5, 5.41) is 10.5. The molecule has 1 rings (SSSR count). The van der Waals surface area contributed by atoms with Crippen LogP contribution in [0, 0.1) is 0 Å². The smallest absolute Gasteiger partial charge is 0.269 e. The molecule has 1 aromatic heterocycles. The Balaban J connectivity index is 2.21. The molecule has 0 bridgehead atoms. The van der Waals surface area contributed by atoms with Crippen molar-refractivity contribution in [1.29, 1.82) is 0 Å². The van der Waals surface area contributed by atoms with E-state index >= 15 is 0 Å². The lowest BCUT2D eigenvalue weighted by Crippen LogP contribution is -2.15. The number of nitrogens with one attached hydrogen (secondary N) is 1. The Kier molecular flexibility index (Phi) is 5.95. The van der Waals surface area contributed by atoms with Crippen LogP contribution >= 0.6 is 0 Å². The molecule has 0 saturated heterocycles. The van der Waals surface area contributed by atoms with Gasteiger partial charge in [0.1, 0.15) is 5.82 Å². The fourth-order valence-corrected chi connectivity index (χ4v) is 1.16. The maximum atomic E-state index is 10.8. The van der Waals surface area contributed by atoms with Crippen LogP contribution in [-0.2, 0) is 4.74 Å². The molecule has 0 aliphatic rings. The molecule has 0 radical (unpaired) electrons. The SMILES string of the molecule is CCCCOCCNc1ccc(C(N)=O)nn1. The van der Waals surface area contributed by atoms with Gasteiger partial charge in [0.15, 0.2) is 5.69 Å². The average molecular weight is 238 g/mol. The average Bonchev–Trinajstić information content (AvgIpc) is 2.34. The number of anilines is 1. The molecule has 6 nitrogen and oxygen atoms in total. The van der Waals surface area contributed by atoms with E-state index in [2.05, 4.69) is 22.4 Å². The molecular weight excluding hydrogens is 220 g/mol. The molecule has 94 valence electrons. The summed E-state index contributed by atoms with van der Waals surface area (Å²) in [5.41, 5.74) is 5.21. The lowest BCUT2D eigenvalue weighted by atomic mass is 10.3. The van der Waals surface area contributed by atoms with E-state index < -0.39 is 5.91 Å². The van der Waals surface area contributed by atoms with Crippen LogP contribution in [-0.4, -0.2) is 35.9 Å². The van der Waals surface area contributed by atoms with Gasteiger partial charge in [-0.25, -0.2) is 0 Å². The Morgan fingerprint density at radius 2 is 2.24 bits per heavy atom. The number of aromatic nitrogens is 2. The predicted molar refractivity (Wildman–Crippen MR) is 64.8 cm³/mol. The van der Waals surface area contributed by atoms with Gasteiger partial charge in [0, 0.05) is 13.2 Å². The van der Waals surface area contributed by atoms with E-state index in [1.165, 1.54) is 6.07 Å². The summed E-state index contributed by atoms with van der Waals surface area (Å²) in [6.45, 7) is 4.19. The van der Waals surface area contributed by atoms with Crippen molar-refractivity contribution in [2.24, 2.45) is 5.73 Å². The first-order valence-corrected chi connectivity index (χ1v) is 5.69. The minimum Gasteiger partial charge on any atom is -0.380 e. The molecular formula is C11H18N4O2. The zero-order valence-corrected chi connectivity index (χ0v) is 9.98. The highest BCUT2D eigenvalue weighted by molar-refractivity contribution is 5.90. The van der Waals surface area contributed by atoms with E-state index in [0.29, 0.717) is 19.0 Å². The van der Waals surface area contributed by atoms with E-state index in [-0.39, 0.29) is 5.69 Å². The van der Waals surface area contributed by atoms with E-state index in [1.807, 2.05) is 0 Å². The van der Waals surface area contributed by atoms with Crippen molar-refractivity contribution < 1.29 is 9.53 Å². The van der Waals surface area contributed by atoms with Crippen LogP contribution in [0.4, 0.5) is 5.82 Å². The summed E-state index contributed by atoms with van der Waals surface area (Å²) in [6, 6.07) is 3.20. The Hall–Kier alpha value is -1.69. The minimum atomic E-state index is -0.577. The predicted octanol–water partition coefficient (Wildman–Crippen LogP) is 0.804. The topological polar surface area (TPSA) is 90.1 Å². The number of carbonyl (C=O) groups excluding carboxylic acids is 1. The molecule has 0 atom stereocenters. The number of nitrogens with zero attached hydrogens (tertiary/aromatic N) is 2. The van der Waals surface area contributed by atoms with Crippen molar-refractivity contribution in [3.63, 3.8) is 0 Å². The molecule has 1 amide bonds. The fourth-order valence-electron chi connectivity index (χ4n) is 1.16. The third kappa shape index (κ3) is 5.26. The first kappa shape index (κ1) is 13.4. The Labute approximate surface area is 101 Å². The standard InChI is InChI=1S/C11H18N4O2/c1-2-3-7-17-8-6-13-10-5-4-9(11(12)16)14-15-10/h4-5H,2-3,6-8H2,1H3,(H2,12,16)(H,13,15). The van der Waals surface area contributed by atoms with Gasteiger partial charge in [-0.2, -0.15) is 0 Å². The molecule has 0 spiro atoms. The number of unbranched alkanes of at least 4 members (excludes halogenated alkanes) is 1. The third-order valence-electron chi connectivity index (χ3n) is 2.11. The molecule has 0 unspecified atom stereocenters. The normalized spacial score (nSPS) is 10.2. The number of carbonyl (C=O) groups is 1. The van der Waals surface area contributed by atoms with Crippen LogP contribution in [0.25, 0.3) is 0 Å². The van der Waals surface area contributed by atoms with Gasteiger partial charge in [-0.3, -0.25) is 4.79 Å². The summed E-state index contributed by atoms with van der Waals surface area (Å²) >= 11 is 0. The summed E-state index contributed by atoms with van der Waals surface area (Å²) in [4.78, 5) is 10.8. The van der Waals surface area contributed by atoms with Crippen LogP contribution in [0.5, 0.6) is 0 Å². The fraction of sp³-hybridized carbons (Fsp3) is 0.545. The zero-order chi connectivity index (χ0) is 12.5. The number of ether oxygens (including phenoxy) is 1. The van der Waals surface area contributed by atoms with Crippen molar-refractivity contribution in [3.05, 3.63) is 17.8 Å². The molecule has 0 fully saturated rings. The second-order valence-electron chi connectivity index (χ2n) is 3.56. The van der Waals surface area contributed by atoms with Gasteiger partial charge in [0.2, 0.25) is 0 Å². The van der Waals surface area contributed by atoms with Gasteiger partial charge in [-0.1, -0.05) is 13.3 Å². The number of nitrogens with two attached hydrogens (primary N) is 1. The molecule has 6 heteroatoms. The molecule has 0 aliphatic carbocycles. The van der Waals surface area contributed by atoms with Crippen LogP contribution in [0.15, 0.2) is 12.1 Å². The molecule has 0 aliphatic heterocycles. The second kappa shape index (κ2) is 7.56. The number of amides is 1. The van der Waals surface area contributed by atoms with Gasteiger partial charge >= 0.3 is 0 Å². The van der Waals surface area contributed by atoms with Crippen LogP contribution in [0.3, 0.4) is 0 Å². The van der Waals surface area contributed by atoms with E-state index in [4.69, 9.17) is 10.5 Å². The van der Waals surface area contributed by atoms with Crippen molar-refractivity contribution in [2.75, 3.05) is 25.1 Å². The molecule has 0 aromatic carbocycles. The molecule has 17 heavy (non-hydrogen) atoms. The highest BCUT2D eigenvalue weighted by Gasteiger charge is 2.02. The molecule has 1 aromatic rings. The van der Waals surface area contributed by atoms with Crippen molar-refractivity contribution >= 4 is 11.7 Å². The lowest BCUT2D eigenvalue weighted by molar-refractivity contribution is 0.0994. The van der Waals surface area contributed by atoms with Crippen LogP contribution in [0.1, 0.15) is 30.3 Å². The van der Waals surface area contributed by atoms with Gasteiger partial charge in [0.25, 0.3) is 5.91 Å². The van der Waals surface area contributed by atoms with Gasteiger partial charge in [-0.05, 0) is 18.6 Å². The van der Waals surface area contributed by atoms with E-state index in [1.54, 1.807) is 6.07 Å². The van der Waals surface area contributed by atoms with E-state index in [9.17, 15) is 4.79 Å². The van der Waals surface area contributed by atoms with Crippen LogP contribution in [0.2, 0.25) is 0 Å². The summed E-state index contributed by atoms with van der Waals surface area (Å²) in [6.07, 6.45) is 2.21. The molecule has 3 N–H and O–H groups in total. The quantitative estimate of drug-likeness (QED) is 0.654. The highest BCUT2D eigenvalue weighted by atomic mass is 16.5. The maximum Gasteiger partial charge on any atom is 0.269 e. The minimum absolute atomic E-state index is 0.162. The molecule has 0 saturated carbocycles. The Bertz CT molecular complexity index is 340. The summed E-state index contributed by atoms with van der Waals surface area (Å²) in [5.74, 6) is 0.0287. The number of hydrogen-bond donors (Lipinski definition) is 2. The van der Waals surface area contributed by atoms with Gasteiger partial charge in [-0.15, -0.1) is 10.2 Å². The van der Waals surface area contributed by atoms with Crippen molar-refractivity contribution in [3.8, 4) is 0 Å². The van der Waals surface area contributed by atoms with Gasteiger partial charge in [0.05, 0.1) is 6.61 Å². The van der Waals surface area contributed by atoms with Crippen LogP contribution < -0.4 is 11.1 Å². The first-order chi connectivity index (χ1) is 8.24. The third-order valence-corrected chi connectivity index (χ3v) is 2.11. The Morgan fingerprint density at radius 3 is 2.82 bits per heavy atom.